The summed E-state index contributed by atoms with van der Waals surface area (Å²) < 4.78 is 6.25. The van der Waals surface area contributed by atoms with Crippen LogP contribution >= 0.6 is 0 Å². The summed E-state index contributed by atoms with van der Waals surface area (Å²) in [4.78, 5) is 2.53. The lowest BCUT2D eigenvalue weighted by Crippen LogP contribution is -2.42. The first-order valence-corrected chi connectivity index (χ1v) is 7.98. The molecule has 1 heterocycles. The Kier molecular flexibility index (Phi) is 5.08. The van der Waals surface area contributed by atoms with Gasteiger partial charge in [-0.25, -0.2) is 0 Å². The fourth-order valence-corrected chi connectivity index (χ4v) is 3.32. The molecular formula is C16H31NO. The van der Waals surface area contributed by atoms with Crippen molar-refractivity contribution in [3.63, 3.8) is 0 Å². The molecule has 1 atom stereocenters. The first-order valence-electron chi connectivity index (χ1n) is 7.98. The molecule has 2 nitrogen and oxygen atoms in total. The van der Waals surface area contributed by atoms with Crippen LogP contribution in [0.3, 0.4) is 0 Å². The molecule has 2 rings (SSSR count). The zero-order valence-electron chi connectivity index (χ0n) is 12.7. The molecule has 18 heavy (non-hydrogen) atoms. The maximum atomic E-state index is 6.25. The lowest BCUT2D eigenvalue weighted by Gasteiger charge is -2.43. The van der Waals surface area contributed by atoms with E-state index in [2.05, 4.69) is 32.6 Å². The highest BCUT2D eigenvalue weighted by atomic mass is 16.5. The van der Waals surface area contributed by atoms with Gasteiger partial charge in [0.15, 0.2) is 0 Å². The van der Waals surface area contributed by atoms with Crippen LogP contribution in [0, 0.1) is 17.8 Å². The van der Waals surface area contributed by atoms with Crippen molar-refractivity contribution in [2.45, 2.75) is 65.6 Å². The third-order valence-electron chi connectivity index (χ3n) is 5.29. The fraction of sp³-hybridized carbons (Fsp3) is 1.00. The van der Waals surface area contributed by atoms with Gasteiger partial charge in [-0.05, 0) is 50.0 Å². The molecule has 2 aliphatic rings. The molecule has 0 radical (unpaired) electrons. The van der Waals surface area contributed by atoms with Crippen molar-refractivity contribution in [3.05, 3.63) is 0 Å². The molecule has 1 saturated carbocycles. The predicted molar refractivity (Wildman–Crippen MR) is 76.7 cm³/mol. The summed E-state index contributed by atoms with van der Waals surface area (Å²) in [7, 11) is 0. The standard InChI is InChI=1S/C16H31NO/c1-5-17-8-6-15(7-9-17)18-16-10-14(11-16)13(4)12(2)3/h12-16H,5-11H2,1-4H3/t13?,14-,16-. The normalized spacial score (nSPS) is 32.5. The van der Waals surface area contributed by atoms with Crippen LogP contribution in [-0.2, 0) is 4.74 Å². The van der Waals surface area contributed by atoms with Gasteiger partial charge in [0.1, 0.15) is 0 Å². The molecule has 0 aromatic rings. The summed E-state index contributed by atoms with van der Waals surface area (Å²) in [5.41, 5.74) is 0. The lowest BCUT2D eigenvalue weighted by molar-refractivity contribution is -0.105. The Labute approximate surface area is 113 Å². The van der Waals surface area contributed by atoms with Gasteiger partial charge in [-0.2, -0.15) is 0 Å². The molecule has 1 unspecified atom stereocenters. The summed E-state index contributed by atoms with van der Waals surface area (Å²) in [6.45, 7) is 13.0. The third kappa shape index (κ3) is 3.48. The van der Waals surface area contributed by atoms with E-state index in [1.807, 2.05) is 0 Å². The van der Waals surface area contributed by atoms with E-state index in [1.165, 1.54) is 45.3 Å². The quantitative estimate of drug-likeness (QED) is 0.743. The van der Waals surface area contributed by atoms with Gasteiger partial charge in [0, 0.05) is 13.1 Å². The van der Waals surface area contributed by atoms with Crippen molar-refractivity contribution in [2.75, 3.05) is 19.6 Å². The number of rotatable bonds is 5. The van der Waals surface area contributed by atoms with E-state index in [0.29, 0.717) is 12.2 Å². The first kappa shape index (κ1) is 14.3. The number of hydrogen-bond acceptors (Lipinski definition) is 2. The Hall–Kier alpha value is -0.0800. The van der Waals surface area contributed by atoms with Crippen LogP contribution in [0.2, 0.25) is 0 Å². The first-order chi connectivity index (χ1) is 8.60. The minimum atomic E-state index is 0.549. The van der Waals surface area contributed by atoms with Crippen molar-refractivity contribution in [1.82, 2.24) is 4.90 Å². The fourth-order valence-electron chi connectivity index (χ4n) is 3.32. The highest BCUT2D eigenvalue weighted by Crippen LogP contribution is 2.39. The molecule has 1 saturated heterocycles. The molecule has 0 bridgehead atoms. The minimum Gasteiger partial charge on any atom is -0.375 e. The summed E-state index contributed by atoms with van der Waals surface area (Å²) >= 11 is 0. The second kappa shape index (κ2) is 6.38. The highest BCUT2D eigenvalue weighted by Gasteiger charge is 2.36. The largest absolute Gasteiger partial charge is 0.375 e. The van der Waals surface area contributed by atoms with E-state index in [9.17, 15) is 0 Å². The van der Waals surface area contributed by atoms with Crippen molar-refractivity contribution in [2.24, 2.45) is 17.8 Å². The van der Waals surface area contributed by atoms with Gasteiger partial charge in [0.25, 0.3) is 0 Å². The van der Waals surface area contributed by atoms with Crippen LogP contribution in [0.25, 0.3) is 0 Å². The second-order valence-corrected chi connectivity index (χ2v) is 6.73. The van der Waals surface area contributed by atoms with Crippen molar-refractivity contribution in [3.8, 4) is 0 Å². The van der Waals surface area contributed by atoms with Crippen LogP contribution < -0.4 is 0 Å². The van der Waals surface area contributed by atoms with E-state index < -0.39 is 0 Å². The van der Waals surface area contributed by atoms with Crippen LogP contribution in [0.1, 0.15) is 53.4 Å². The average Bonchev–Trinajstić information content (AvgIpc) is 2.33. The van der Waals surface area contributed by atoms with Crippen LogP contribution in [0.4, 0.5) is 0 Å². The number of nitrogens with zero attached hydrogens (tertiary/aromatic N) is 1. The molecular weight excluding hydrogens is 222 g/mol. The molecule has 0 amide bonds. The van der Waals surface area contributed by atoms with Crippen LogP contribution in [0.15, 0.2) is 0 Å². The molecule has 0 spiro atoms. The van der Waals surface area contributed by atoms with Crippen molar-refractivity contribution < 1.29 is 4.74 Å². The van der Waals surface area contributed by atoms with Gasteiger partial charge in [-0.15, -0.1) is 0 Å². The topological polar surface area (TPSA) is 12.5 Å². The zero-order valence-corrected chi connectivity index (χ0v) is 12.7. The molecule has 0 aromatic heterocycles. The van der Waals surface area contributed by atoms with Gasteiger partial charge in [-0.3, -0.25) is 0 Å². The monoisotopic (exact) mass is 253 g/mol. The van der Waals surface area contributed by atoms with Crippen molar-refractivity contribution >= 4 is 0 Å². The summed E-state index contributed by atoms with van der Waals surface area (Å²) in [6.07, 6.45) is 6.24. The molecule has 106 valence electrons. The molecule has 1 aliphatic carbocycles. The lowest BCUT2D eigenvalue weighted by atomic mass is 9.70. The molecule has 1 aliphatic heterocycles. The van der Waals surface area contributed by atoms with Gasteiger partial charge < -0.3 is 9.64 Å². The van der Waals surface area contributed by atoms with E-state index in [0.717, 1.165) is 17.8 Å². The molecule has 0 N–H and O–H groups in total. The van der Waals surface area contributed by atoms with Gasteiger partial charge in [-0.1, -0.05) is 27.7 Å². The summed E-state index contributed by atoms with van der Waals surface area (Å²) in [5, 5.41) is 0. The Morgan fingerprint density at radius 1 is 1.06 bits per heavy atom. The zero-order chi connectivity index (χ0) is 13.1. The Morgan fingerprint density at radius 3 is 2.17 bits per heavy atom. The molecule has 2 fully saturated rings. The number of ether oxygens (including phenoxy) is 1. The van der Waals surface area contributed by atoms with Gasteiger partial charge >= 0.3 is 0 Å². The molecule has 2 heteroatoms. The third-order valence-corrected chi connectivity index (χ3v) is 5.29. The second-order valence-electron chi connectivity index (χ2n) is 6.73. The Bertz CT molecular complexity index is 239. The Morgan fingerprint density at radius 2 is 1.67 bits per heavy atom. The maximum Gasteiger partial charge on any atom is 0.0603 e. The number of likely N-dealkylation sites (tertiary alicyclic amines) is 1. The van der Waals surface area contributed by atoms with E-state index in [4.69, 9.17) is 4.74 Å². The van der Waals surface area contributed by atoms with Crippen LogP contribution in [-0.4, -0.2) is 36.7 Å². The number of hydrogen-bond donors (Lipinski definition) is 0. The van der Waals surface area contributed by atoms with E-state index >= 15 is 0 Å². The highest BCUT2D eigenvalue weighted by molar-refractivity contribution is 4.86. The SMILES string of the molecule is CCN1CCC(O[C@H]2C[C@H](C(C)C(C)C)C2)CC1. The Balaban J connectivity index is 1.62. The minimum absolute atomic E-state index is 0.549. The maximum absolute atomic E-state index is 6.25. The van der Waals surface area contributed by atoms with E-state index in [1.54, 1.807) is 0 Å². The van der Waals surface area contributed by atoms with Crippen molar-refractivity contribution in [1.29, 1.82) is 0 Å². The van der Waals surface area contributed by atoms with Crippen LogP contribution in [0.5, 0.6) is 0 Å². The van der Waals surface area contributed by atoms with E-state index in [-0.39, 0.29) is 0 Å². The summed E-state index contributed by atoms with van der Waals surface area (Å²) in [6, 6.07) is 0. The predicted octanol–water partition coefficient (Wildman–Crippen LogP) is 3.56. The summed E-state index contributed by atoms with van der Waals surface area (Å²) in [5.74, 6) is 2.61. The van der Waals surface area contributed by atoms with Gasteiger partial charge in [0.2, 0.25) is 0 Å². The number of piperidine rings is 1. The average molecular weight is 253 g/mol. The smallest absolute Gasteiger partial charge is 0.0603 e. The molecule has 0 aromatic carbocycles. The van der Waals surface area contributed by atoms with Gasteiger partial charge in [0.05, 0.1) is 12.2 Å².